The van der Waals surface area contributed by atoms with E-state index < -0.39 is 5.79 Å². The van der Waals surface area contributed by atoms with Crippen LogP contribution in [-0.4, -0.2) is 34.6 Å². The Morgan fingerprint density at radius 1 is 1.33 bits per heavy atom. The first-order valence-corrected chi connectivity index (χ1v) is 8.73. The summed E-state index contributed by atoms with van der Waals surface area (Å²) in [5.74, 6) is 0.171. The lowest BCUT2D eigenvalue weighted by Crippen LogP contribution is -2.56. The number of fused-ring (bicyclic) bond motifs is 1. The molecular weight excluding hydrogens is 306 g/mol. The summed E-state index contributed by atoms with van der Waals surface area (Å²) >= 11 is 0. The minimum atomic E-state index is -0.480. The topological polar surface area (TPSA) is 65.4 Å². The number of carbonyl (C=O) groups excluding carboxylic acids is 1. The number of nitrogens with zero attached hydrogens (tertiary/aromatic N) is 2. The predicted octanol–water partition coefficient (Wildman–Crippen LogP) is 2.48. The Bertz CT molecular complexity index is 689. The highest BCUT2D eigenvalue weighted by Crippen LogP contribution is 2.55. The Morgan fingerprint density at radius 2 is 2.08 bits per heavy atom. The highest BCUT2D eigenvalue weighted by atomic mass is 16.7. The summed E-state index contributed by atoms with van der Waals surface area (Å²) in [5.41, 5.74) is 1.18. The van der Waals surface area contributed by atoms with Crippen molar-refractivity contribution in [2.75, 3.05) is 18.5 Å². The van der Waals surface area contributed by atoms with Gasteiger partial charge in [0.2, 0.25) is 0 Å². The molecule has 1 aromatic rings. The van der Waals surface area contributed by atoms with Gasteiger partial charge in [-0.05, 0) is 18.8 Å². The van der Waals surface area contributed by atoms with E-state index in [1.165, 1.54) is 0 Å². The predicted molar refractivity (Wildman–Crippen MR) is 89.2 cm³/mol. The molecule has 2 heterocycles. The van der Waals surface area contributed by atoms with E-state index in [1.807, 2.05) is 19.3 Å². The zero-order valence-corrected chi connectivity index (χ0v) is 14.5. The van der Waals surface area contributed by atoms with Gasteiger partial charge >= 0.3 is 0 Å². The number of ketones is 1. The second-order valence-electron chi connectivity index (χ2n) is 7.53. The summed E-state index contributed by atoms with van der Waals surface area (Å²) in [6, 6.07) is 0. The van der Waals surface area contributed by atoms with Gasteiger partial charge in [0.1, 0.15) is 0 Å². The van der Waals surface area contributed by atoms with Crippen LogP contribution in [0.25, 0.3) is 0 Å². The molecule has 3 aliphatic rings. The molecule has 24 heavy (non-hydrogen) atoms. The molecule has 6 heteroatoms. The number of hydrogen-bond donors (Lipinski definition) is 1. The second-order valence-corrected chi connectivity index (χ2v) is 7.53. The van der Waals surface area contributed by atoms with Gasteiger partial charge in [-0.2, -0.15) is 5.10 Å². The second kappa shape index (κ2) is 5.43. The zero-order chi connectivity index (χ0) is 16.9. The van der Waals surface area contributed by atoms with Gasteiger partial charge in [0.15, 0.2) is 11.6 Å². The van der Waals surface area contributed by atoms with Crippen molar-refractivity contribution in [3.8, 4) is 0 Å². The molecule has 1 spiro atoms. The molecule has 130 valence electrons. The maximum atomic E-state index is 13.2. The number of anilines is 1. The maximum Gasteiger partial charge on any atom is 0.184 e. The molecule has 2 fully saturated rings. The normalized spacial score (nSPS) is 35.0. The molecule has 1 aromatic heterocycles. The average molecular weight is 331 g/mol. The number of rotatable bonds is 2. The van der Waals surface area contributed by atoms with Crippen LogP contribution in [0.15, 0.2) is 24.2 Å². The van der Waals surface area contributed by atoms with Gasteiger partial charge in [-0.1, -0.05) is 19.9 Å². The van der Waals surface area contributed by atoms with Crippen molar-refractivity contribution < 1.29 is 14.3 Å². The van der Waals surface area contributed by atoms with Gasteiger partial charge in [-0.15, -0.1) is 0 Å². The minimum absolute atomic E-state index is 0.197. The summed E-state index contributed by atoms with van der Waals surface area (Å²) in [6.45, 7) is 5.60. The number of carbonyl (C=O) groups is 1. The van der Waals surface area contributed by atoms with E-state index in [2.05, 4.69) is 24.3 Å². The molecule has 3 atom stereocenters. The lowest BCUT2D eigenvalue weighted by Gasteiger charge is -2.52. The Labute approximate surface area is 142 Å². The quantitative estimate of drug-likeness (QED) is 0.902. The smallest absolute Gasteiger partial charge is 0.184 e. The van der Waals surface area contributed by atoms with Gasteiger partial charge in [0.05, 0.1) is 30.8 Å². The maximum absolute atomic E-state index is 13.2. The lowest BCUT2D eigenvalue weighted by molar-refractivity contribution is -0.239. The number of ether oxygens (including phenoxy) is 2. The number of hydrogen-bond acceptors (Lipinski definition) is 5. The summed E-state index contributed by atoms with van der Waals surface area (Å²) < 4.78 is 13.7. The fourth-order valence-electron chi connectivity index (χ4n) is 4.72. The number of Topliss-reactive ketones (excluding diaryl/α,β-unsaturated/α-hetero) is 1. The van der Waals surface area contributed by atoms with E-state index >= 15 is 0 Å². The van der Waals surface area contributed by atoms with Crippen LogP contribution in [0.1, 0.15) is 33.1 Å². The molecule has 0 amide bonds. The lowest BCUT2D eigenvalue weighted by atomic mass is 9.55. The van der Waals surface area contributed by atoms with Crippen LogP contribution in [0, 0.1) is 17.3 Å². The molecule has 2 aliphatic carbocycles. The van der Waals surface area contributed by atoms with Gasteiger partial charge in [0, 0.05) is 31.0 Å². The number of aryl methyl sites for hydroxylation is 1. The van der Waals surface area contributed by atoms with E-state index in [0.29, 0.717) is 18.9 Å². The first kappa shape index (κ1) is 15.8. The molecule has 4 rings (SSSR count). The Hall–Kier alpha value is -1.66. The molecule has 1 saturated heterocycles. The van der Waals surface area contributed by atoms with Crippen LogP contribution in [-0.2, 0) is 21.3 Å². The first-order chi connectivity index (χ1) is 11.4. The van der Waals surface area contributed by atoms with E-state index in [9.17, 15) is 4.79 Å². The van der Waals surface area contributed by atoms with Gasteiger partial charge in [0.25, 0.3) is 0 Å². The fraction of sp³-hybridized carbons (Fsp3) is 0.667. The van der Waals surface area contributed by atoms with E-state index in [-0.39, 0.29) is 23.0 Å². The van der Waals surface area contributed by atoms with E-state index in [0.717, 1.165) is 24.9 Å². The van der Waals surface area contributed by atoms with Crippen molar-refractivity contribution in [3.05, 3.63) is 24.2 Å². The summed E-state index contributed by atoms with van der Waals surface area (Å²) in [5, 5.41) is 7.40. The summed E-state index contributed by atoms with van der Waals surface area (Å²) in [6.07, 6.45) is 8.09. The van der Waals surface area contributed by atoms with Crippen molar-refractivity contribution in [1.82, 2.24) is 9.78 Å². The highest BCUT2D eigenvalue weighted by molar-refractivity contribution is 6.03. The van der Waals surface area contributed by atoms with Crippen LogP contribution in [0.2, 0.25) is 0 Å². The molecular formula is C18H25N3O3. The number of allylic oxidation sites excluding steroid dienone is 2. The standard InChI is InChI=1S/C18H25N3O3/c1-12-14-4-5-15(20-13-10-19-21(3)11-13)16(22)17(14,2)6-7-18(12)23-8-9-24-18/h5,10-12,14,20H,4,6-9H2,1-3H3/t12-,14-,17-/m0/s1. The first-order valence-electron chi connectivity index (χ1n) is 8.73. The zero-order valence-electron chi connectivity index (χ0n) is 14.5. The third-order valence-electron chi connectivity index (χ3n) is 6.21. The molecule has 1 saturated carbocycles. The SMILES string of the molecule is C[C@H]1[C@@H]2CC=C(Nc3cnn(C)c3)C(=O)[C@@]2(C)CCC12OCCO2. The Morgan fingerprint density at radius 3 is 2.75 bits per heavy atom. The van der Waals surface area contributed by atoms with Crippen LogP contribution < -0.4 is 5.32 Å². The third-order valence-corrected chi connectivity index (χ3v) is 6.21. The largest absolute Gasteiger partial charge is 0.350 e. The molecule has 1 aliphatic heterocycles. The van der Waals surface area contributed by atoms with Crippen molar-refractivity contribution in [1.29, 1.82) is 0 Å². The molecule has 0 aromatic carbocycles. The average Bonchev–Trinajstić information content (AvgIpc) is 3.19. The van der Waals surface area contributed by atoms with Crippen LogP contribution in [0.5, 0.6) is 0 Å². The minimum Gasteiger partial charge on any atom is -0.350 e. The van der Waals surface area contributed by atoms with E-state index in [1.54, 1.807) is 10.9 Å². The Balaban J connectivity index is 1.60. The fourth-order valence-corrected chi connectivity index (χ4v) is 4.72. The number of nitrogens with one attached hydrogen (secondary N) is 1. The summed E-state index contributed by atoms with van der Waals surface area (Å²) in [4.78, 5) is 13.2. The van der Waals surface area contributed by atoms with Crippen molar-refractivity contribution in [2.45, 2.75) is 38.9 Å². The molecule has 0 radical (unpaired) electrons. The number of aromatic nitrogens is 2. The van der Waals surface area contributed by atoms with E-state index in [4.69, 9.17) is 9.47 Å². The molecule has 0 bridgehead atoms. The van der Waals surface area contributed by atoms with Gasteiger partial charge in [-0.25, -0.2) is 0 Å². The highest BCUT2D eigenvalue weighted by Gasteiger charge is 2.58. The van der Waals surface area contributed by atoms with Crippen molar-refractivity contribution in [3.63, 3.8) is 0 Å². The molecule has 6 nitrogen and oxygen atoms in total. The van der Waals surface area contributed by atoms with Crippen LogP contribution in [0.3, 0.4) is 0 Å². The summed E-state index contributed by atoms with van der Waals surface area (Å²) in [7, 11) is 1.86. The van der Waals surface area contributed by atoms with Gasteiger partial charge in [-0.3, -0.25) is 9.48 Å². The molecule has 0 unspecified atom stereocenters. The van der Waals surface area contributed by atoms with Crippen LogP contribution in [0.4, 0.5) is 5.69 Å². The van der Waals surface area contributed by atoms with Gasteiger partial charge < -0.3 is 14.8 Å². The van der Waals surface area contributed by atoms with Crippen molar-refractivity contribution in [2.24, 2.45) is 24.3 Å². The van der Waals surface area contributed by atoms with Crippen LogP contribution >= 0.6 is 0 Å². The monoisotopic (exact) mass is 331 g/mol. The molecule has 1 N–H and O–H groups in total. The third kappa shape index (κ3) is 2.24. The Kier molecular flexibility index (Phi) is 3.58. The van der Waals surface area contributed by atoms with Crippen molar-refractivity contribution >= 4 is 11.5 Å².